The molecule has 0 unspecified atom stereocenters. The van der Waals surface area contributed by atoms with Crippen molar-refractivity contribution in [3.8, 4) is 0 Å². The third kappa shape index (κ3) is 1.61. The molecule has 0 radical (unpaired) electrons. The van der Waals surface area contributed by atoms with E-state index in [0.717, 1.165) is 24.9 Å². The summed E-state index contributed by atoms with van der Waals surface area (Å²) in [5.74, 6) is 0.273. The zero-order valence-corrected chi connectivity index (χ0v) is 9.13. The number of carbonyl (C=O) groups is 1. The van der Waals surface area contributed by atoms with Gasteiger partial charge >= 0.3 is 0 Å². The molecule has 0 N–H and O–H groups in total. The number of hydrogen-bond acceptors (Lipinski definition) is 3. The van der Waals surface area contributed by atoms with Crippen LogP contribution in [0, 0.1) is 0 Å². The van der Waals surface area contributed by atoms with Crippen LogP contribution in [-0.2, 0) is 9.63 Å². The lowest BCUT2D eigenvalue weighted by atomic mass is 10.1. The first kappa shape index (κ1) is 9.85. The highest BCUT2D eigenvalue weighted by Gasteiger charge is 2.38. The van der Waals surface area contributed by atoms with Gasteiger partial charge in [-0.15, -0.1) is 0 Å². The van der Waals surface area contributed by atoms with Gasteiger partial charge in [0.25, 0.3) is 0 Å². The van der Waals surface area contributed by atoms with E-state index >= 15 is 0 Å². The predicted octanol–water partition coefficient (Wildman–Crippen LogP) is 2.32. The second-order valence-corrected chi connectivity index (χ2v) is 4.51. The zero-order valence-electron chi connectivity index (χ0n) is 9.13. The predicted molar refractivity (Wildman–Crippen MR) is 61.1 cm³/mol. The molecule has 0 amide bonds. The molecule has 2 atom stereocenters. The maximum absolute atomic E-state index is 11.7. The van der Waals surface area contributed by atoms with Gasteiger partial charge in [-0.3, -0.25) is 9.63 Å². The second-order valence-electron chi connectivity index (χ2n) is 4.51. The van der Waals surface area contributed by atoms with Crippen LogP contribution in [0.15, 0.2) is 30.3 Å². The van der Waals surface area contributed by atoms with E-state index in [4.69, 9.17) is 4.84 Å². The van der Waals surface area contributed by atoms with Gasteiger partial charge < -0.3 is 0 Å². The number of carbonyl (C=O) groups excluding carboxylic acids is 1. The number of rotatable bonds is 1. The van der Waals surface area contributed by atoms with Gasteiger partial charge in [0, 0.05) is 6.42 Å². The summed E-state index contributed by atoms with van der Waals surface area (Å²) in [5.41, 5.74) is 1.06. The molecular formula is C13H15NO2. The van der Waals surface area contributed by atoms with Crippen LogP contribution in [0.2, 0.25) is 0 Å². The lowest BCUT2D eigenvalue weighted by Crippen LogP contribution is -2.46. The molecule has 1 aromatic carbocycles. The molecule has 16 heavy (non-hydrogen) atoms. The van der Waals surface area contributed by atoms with Crippen molar-refractivity contribution in [3.05, 3.63) is 30.3 Å². The van der Waals surface area contributed by atoms with Crippen molar-refractivity contribution in [3.63, 3.8) is 0 Å². The molecule has 3 nitrogen and oxygen atoms in total. The van der Waals surface area contributed by atoms with E-state index in [1.807, 2.05) is 35.4 Å². The molecule has 1 aromatic rings. The van der Waals surface area contributed by atoms with Crippen molar-refractivity contribution in [1.82, 2.24) is 0 Å². The summed E-state index contributed by atoms with van der Waals surface area (Å²) in [4.78, 5) is 17.5. The quantitative estimate of drug-likeness (QED) is 0.723. The molecule has 0 aromatic heterocycles. The Labute approximate surface area is 95.0 Å². The Morgan fingerprint density at radius 2 is 2.00 bits per heavy atom. The molecule has 84 valence electrons. The number of ketones is 1. The molecule has 0 spiro atoms. The number of fused-ring (bicyclic) bond motifs is 4. The van der Waals surface area contributed by atoms with Crippen LogP contribution in [0.1, 0.15) is 25.7 Å². The standard InChI is InChI=1S/C13H15NO2/c15-12-9-11-7-4-8-13(12)16-14(11)10-5-2-1-3-6-10/h1-3,5-6,11,13H,4,7-9H2/t11-,13+/m0/s1. The number of anilines is 1. The number of hydroxylamine groups is 1. The van der Waals surface area contributed by atoms with E-state index in [-0.39, 0.29) is 17.9 Å². The third-order valence-electron chi connectivity index (χ3n) is 3.38. The summed E-state index contributed by atoms with van der Waals surface area (Å²) >= 11 is 0. The highest BCUT2D eigenvalue weighted by molar-refractivity contribution is 5.85. The summed E-state index contributed by atoms with van der Waals surface area (Å²) in [6, 6.07) is 10.3. The maximum Gasteiger partial charge on any atom is 0.166 e. The van der Waals surface area contributed by atoms with Crippen LogP contribution in [0.25, 0.3) is 0 Å². The van der Waals surface area contributed by atoms with Crippen molar-refractivity contribution in [1.29, 1.82) is 0 Å². The molecule has 3 heteroatoms. The van der Waals surface area contributed by atoms with Crippen molar-refractivity contribution in [2.75, 3.05) is 5.06 Å². The fourth-order valence-corrected chi connectivity index (χ4v) is 2.55. The highest BCUT2D eigenvalue weighted by atomic mass is 16.7. The average molecular weight is 217 g/mol. The van der Waals surface area contributed by atoms with Gasteiger partial charge in [-0.25, -0.2) is 5.06 Å². The summed E-state index contributed by atoms with van der Waals surface area (Å²) in [6.07, 6.45) is 3.44. The Bertz CT molecular complexity index is 390. The van der Waals surface area contributed by atoms with E-state index < -0.39 is 0 Å². The Kier molecular flexibility index (Phi) is 2.40. The minimum atomic E-state index is -0.209. The van der Waals surface area contributed by atoms with Crippen molar-refractivity contribution in [2.24, 2.45) is 0 Å². The Hall–Kier alpha value is -1.35. The Morgan fingerprint density at radius 3 is 2.81 bits per heavy atom. The SMILES string of the molecule is O=C1C[C@@H]2CCC[C@H]1ON2c1ccccc1. The van der Waals surface area contributed by atoms with Crippen LogP contribution < -0.4 is 5.06 Å². The average Bonchev–Trinajstić information content (AvgIpc) is 2.62. The van der Waals surface area contributed by atoms with Gasteiger partial charge in [0.05, 0.1) is 11.7 Å². The summed E-state index contributed by atoms with van der Waals surface area (Å²) in [5, 5.41) is 1.94. The maximum atomic E-state index is 11.7. The monoisotopic (exact) mass is 217 g/mol. The third-order valence-corrected chi connectivity index (χ3v) is 3.38. The smallest absolute Gasteiger partial charge is 0.166 e. The van der Waals surface area contributed by atoms with E-state index in [9.17, 15) is 4.79 Å². The fourth-order valence-electron chi connectivity index (χ4n) is 2.55. The van der Waals surface area contributed by atoms with Crippen LogP contribution in [0.4, 0.5) is 5.69 Å². The summed E-state index contributed by atoms with van der Waals surface area (Å²) in [7, 11) is 0. The lowest BCUT2D eigenvalue weighted by Gasteiger charge is -2.36. The minimum absolute atomic E-state index is 0.209. The fraction of sp³-hybridized carbons (Fsp3) is 0.462. The molecule has 1 aliphatic carbocycles. The van der Waals surface area contributed by atoms with Crippen molar-refractivity contribution >= 4 is 11.5 Å². The summed E-state index contributed by atoms with van der Waals surface area (Å²) < 4.78 is 0. The number of benzene rings is 1. The van der Waals surface area contributed by atoms with Crippen LogP contribution in [-0.4, -0.2) is 17.9 Å². The number of Topliss-reactive ketones (excluding diaryl/α,β-unsaturated/α-hetero) is 1. The molecule has 2 bridgehead atoms. The highest BCUT2D eigenvalue weighted by Crippen LogP contribution is 2.32. The number of para-hydroxylation sites is 1. The topological polar surface area (TPSA) is 29.5 Å². The largest absolute Gasteiger partial charge is 0.297 e. The zero-order chi connectivity index (χ0) is 11.0. The molecule has 2 heterocycles. The van der Waals surface area contributed by atoms with Crippen LogP contribution >= 0.6 is 0 Å². The van der Waals surface area contributed by atoms with E-state index in [1.54, 1.807) is 0 Å². The first-order valence-electron chi connectivity index (χ1n) is 5.88. The van der Waals surface area contributed by atoms with Gasteiger partial charge in [-0.1, -0.05) is 18.2 Å². The molecule has 1 saturated carbocycles. The number of nitrogens with zero attached hydrogens (tertiary/aromatic N) is 1. The minimum Gasteiger partial charge on any atom is -0.297 e. The van der Waals surface area contributed by atoms with Gasteiger partial charge in [-0.2, -0.15) is 0 Å². The number of hydrogen-bond donors (Lipinski definition) is 0. The van der Waals surface area contributed by atoms with Gasteiger partial charge in [-0.05, 0) is 31.4 Å². The Morgan fingerprint density at radius 1 is 1.19 bits per heavy atom. The molecule has 2 aliphatic heterocycles. The molecule has 2 saturated heterocycles. The Balaban J connectivity index is 1.90. The van der Waals surface area contributed by atoms with Crippen molar-refractivity contribution < 1.29 is 9.63 Å². The lowest BCUT2D eigenvalue weighted by molar-refractivity contribution is -0.137. The first-order chi connectivity index (χ1) is 7.84. The second kappa shape index (κ2) is 3.91. The normalized spacial score (nSPS) is 29.2. The molecular weight excluding hydrogens is 202 g/mol. The van der Waals surface area contributed by atoms with Crippen LogP contribution in [0.5, 0.6) is 0 Å². The summed E-state index contributed by atoms with van der Waals surface area (Å²) in [6.45, 7) is 0. The van der Waals surface area contributed by atoms with E-state index in [2.05, 4.69) is 0 Å². The molecule has 3 fully saturated rings. The molecule has 3 aliphatic rings. The van der Waals surface area contributed by atoms with Gasteiger partial charge in [0.1, 0.15) is 6.10 Å². The van der Waals surface area contributed by atoms with Crippen LogP contribution in [0.3, 0.4) is 0 Å². The van der Waals surface area contributed by atoms with Gasteiger partial charge in [0.2, 0.25) is 0 Å². The van der Waals surface area contributed by atoms with Crippen molar-refractivity contribution in [2.45, 2.75) is 37.8 Å². The molecule has 4 rings (SSSR count). The van der Waals surface area contributed by atoms with E-state index in [0.29, 0.717) is 6.42 Å². The first-order valence-corrected chi connectivity index (χ1v) is 5.88. The van der Waals surface area contributed by atoms with E-state index in [1.165, 1.54) is 0 Å². The van der Waals surface area contributed by atoms with Gasteiger partial charge in [0.15, 0.2) is 5.78 Å².